The summed E-state index contributed by atoms with van der Waals surface area (Å²) in [5.74, 6) is -0.460. The summed E-state index contributed by atoms with van der Waals surface area (Å²) in [5, 5.41) is 5.32. The van der Waals surface area contributed by atoms with Gasteiger partial charge in [-0.3, -0.25) is 4.79 Å². The maximum atomic E-state index is 13.1. The van der Waals surface area contributed by atoms with E-state index in [9.17, 15) is 18.0 Å². The number of anilines is 2. The molecule has 1 aromatic carbocycles. The molecule has 1 aromatic heterocycles. The molecule has 1 unspecified atom stereocenters. The minimum Gasteiger partial charge on any atom is -0.348 e. The number of carbonyl (C=O) groups is 1. The van der Waals surface area contributed by atoms with Crippen LogP contribution in [0.1, 0.15) is 42.0 Å². The van der Waals surface area contributed by atoms with Gasteiger partial charge in [0.2, 0.25) is 5.95 Å². The van der Waals surface area contributed by atoms with Crippen molar-refractivity contribution in [1.82, 2.24) is 15.3 Å². The molecule has 0 saturated heterocycles. The minimum absolute atomic E-state index is 0.0369. The number of aryl methyl sites for hydroxylation is 1. The highest BCUT2D eigenvalue weighted by Gasteiger charge is 2.33. The number of hydrogen-bond donors (Lipinski definition) is 2. The number of alkyl halides is 3. The van der Waals surface area contributed by atoms with E-state index in [1.54, 1.807) is 6.92 Å². The van der Waals surface area contributed by atoms with E-state index in [4.69, 9.17) is 0 Å². The van der Waals surface area contributed by atoms with Crippen LogP contribution in [0.25, 0.3) is 0 Å². The van der Waals surface area contributed by atoms with Crippen molar-refractivity contribution in [3.8, 4) is 0 Å². The number of benzene rings is 1. The number of carbonyl (C=O) groups excluding carboxylic acids is 1. The highest BCUT2D eigenvalue weighted by atomic mass is 19.4. The summed E-state index contributed by atoms with van der Waals surface area (Å²) in [6.07, 6.45) is -3.76. The molecule has 0 radical (unpaired) electrons. The van der Waals surface area contributed by atoms with E-state index in [0.29, 0.717) is 5.69 Å². The van der Waals surface area contributed by atoms with Crippen molar-refractivity contribution in [2.24, 2.45) is 0 Å². The van der Waals surface area contributed by atoms with Crippen LogP contribution in [-0.2, 0) is 6.18 Å². The van der Waals surface area contributed by atoms with E-state index >= 15 is 0 Å². The average molecular weight is 352 g/mol. The molecule has 2 rings (SSSR count). The van der Waals surface area contributed by atoms with E-state index in [2.05, 4.69) is 20.6 Å². The fourth-order valence-corrected chi connectivity index (χ4v) is 2.10. The third-order valence-corrected chi connectivity index (χ3v) is 3.56. The van der Waals surface area contributed by atoms with Crippen molar-refractivity contribution in [1.29, 1.82) is 0 Å². The second kappa shape index (κ2) is 7.50. The molecular weight excluding hydrogens is 333 g/mol. The Balaban J connectivity index is 2.32. The molecule has 1 amide bonds. The monoisotopic (exact) mass is 352 g/mol. The Labute approximate surface area is 143 Å². The van der Waals surface area contributed by atoms with Gasteiger partial charge in [0, 0.05) is 11.7 Å². The quantitative estimate of drug-likeness (QED) is 0.851. The molecule has 134 valence electrons. The Bertz CT molecular complexity index is 762. The van der Waals surface area contributed by atoms with Crippen LogP contribution < -0.4 is 10.6 Å². The van der Waals surface area contributed by atoms with Crippen molar-refractivity contribution in [3.05, 3.63) is 47.3 Å². The van der Waals surface area contributed by atoms with Gasteiger partial charge in [0.05, 0.1) is 11.3 Å². The first kappa shape index (κ1) is 18.7. The number of para-hydroxylation sites is 1. The minimum atomic E-state index is -4.51. The Morgan fingerprint density at radius 2 is 1.92 bits per heavy atom. The summed E-state index contributed by atoms with van der Waals surface area (Å²) in [6, 6.07) is 6.48. The summed E-state index contributed by atoms with van der Waals surface area (Å²) in [6.45, 7) is 5.42. The van der Waals surface area contributed by atoms with Crippen LogP contribution in [0.3, 0.4) is 0 Å². The number of amides is 1. The number of nitrogens with zero attached hydrogens (tertiary/aromatic N) is 2. The van der Waals surface area contributed by atoms with Crippen molar-refractivity contribution in [2.45, 2.75) is 39.4 Å². The molecule has 0 saturated carbocycles. The summed E-state index contributed by atoms with van der Waals surface area (Å²) >= 11 is 0. The fraction of sp³-hybridized carbons (Fsp3) is 0.353. The van der Waals surface area contributed by atoms with Gasteiger partial charge in [0.25, 0.3) is 5.91 Å². The van der Waals surface area contributed by atoms with Crippen LogP contribution in [0.4, 0.5) is 24.8 Å². The molecule has 25 heavy (non-hydrogen) atoms. The normalized spacial score (nSPS) is 12.6. The fourth-order valence-electron chi connectivity index (χ4n) is 2.10. The zero-order valence-corrected chi connectivity index (χ0v) is 14.1. The maximum absolute atomic E-state index is 13.1. The van der Waals surface area contributed by atoms with Gasteiger partial charge < -0.3 is 10.6 Å². The first-order valence-electron chi connectivity index (χ1n) is 7.80. The van der Waals surface area contributed by atoms with E-state index < -0.39 is 17.6 Å². The van der Waals surface area contributed by atoms with Crippen molar-refractivity contribution in [3.63, 3.8) is 0 Å². The molecule has 1 atom stereocenters. The van der Waals surface area contributed by atoms with E-state index in [0.717, 1.165) is 12.5 Å². The molecule has 0 fully saturated rings. The van der Waals surface area contributed by atoms with Gasteiger partial charge in [-0.05, 0) is 38.5 Å². The largest absolute Gasteiger partial charge is 0.418 e. The molecule has 0 aliphatic carbocycles. The van der Waals surface area contributed by atoms with E-state index in [1.807, 2.05) is 13.8 Å². The lowest BCUT2D eigenvalue weighted by atomic mass is 10.1. The maximum Gasteiger partial charge on any atom is 0.418 e. The molecule has 8 heteroatoms. The number of nitrogens with one attached hydrogen (secondary N) is 2. The summed E-state index contributed by atoms with van der Waals surface area (Å²) in [4.78, 5) is 20.3. The van der Waals surface area contributed by atoms with E-state index in [-0.39, 0.29) is 23.4 Å². The van der Waals surface area contributed by atoms with E-state index in [1.165, 1.54) is 24.3 Å². The molecule has 0 bridgehead atoms. The van der Waals surface area contributed by atoms with Crippen LogP contribution in [0, 0.1) is 6.92 Å². The van der Waals surface area contributed by atoms with Gasteiger partial charge >= 0.3 is 6.18 Å². The first-order chi connectivity index (χ1) is 11.7. The predicted octanol–water partition coefficient (Wildman–Crippen LogP) is 4.08. The average Bonchev–Trinajstić information content (AvgIpc) is 2.53. The zero-order valence-electron chi connectivity index (χ0n) is 14.1. The molecule has 2 N–H and O–H groups in total. The smallest absolute Gasteiger partial charge is 0.348 e. The second-order valence-corrected chi connectivity index (χ2v) is 5.67. The van der Waals surface area contributed by atoms with Gasteiger partial charge in [-0.1, -0.05) is 19.1 Å². The van der Waals surface area contributed by atoms with Gasteiger partial charge in [-0.2, -0.15) is 13.2 Å². The molecule has 2 aromatic rings. The third kappa shape index (κ3) is 4.91. The third-order valence-electron chi connectivity index (χ3n) is 3.56. The SMILES string of the molecule is CCC(C)NC(=O)c1cc(C)nc(Nc2ccccc2C(F)(F)F)n1. The molecular formula is C17H19F3N4O. The lowest BCUT2D eigenvalue weighted by Crippen LogP contribution is -2.32. The molecule has 5 nitrogen and oxygen atoms in total. The second-order valence-electron chi connectivity index (χ2n) is 5.67. The van der Waals surface area contributed by atoms with Crippen molar-refractivity contribution >= 4 is 17.5 Å². The van der Waals surface area contributed by atoms with Crippen LogP contribution in [0.2, 0.25) is 0 Å². The number of aromatic nitrogens is 2. The highest BCUT2D eigenvalue weighted by molar-refractivity contribution is 5.92. The number of rotatable bonds is 5. The summed E-state index contributed by atoms with van der Waals surface area (Å²) in [5.41, 5.74) is -0.435. The van der Waals surface area contributed by atoms with Crippen molar-refractivity contribution in [2.75, 3.05) is 5.32 Å². The van der Waals surface area contributed by atoms with Gasteiger partial charge in [-0.15, -0.1) is 0 Å². The van der Waals surface area contributed by atoms with Gasteiger partial charge in [0.15, 0.2) is 0 Å². The van der Waals surface area contributed by atoms with Gasteiger partial charge in [0.1, 0.15) is 5.69 Å². The molecule has 1 heterocycles. The highest BCUT2D eigenvalue weighted by Crippen LogP contribution is 2.35. The first-order valence-corrected chi connectivity index (χ1v) is 7.80. The molecule has 0 aliphatic heterocycles. The Kier molecular flexibility index (Phi) is 5.61. The Morgan fingerprint density at radius 3 is 2.56 bits per heavy atom. The Morgan fingerprint density at radius 1 is 1.24 bits per heavy atom. The predicted molar refractivity (Wildman–Crippen MR) is 88.7 cm³/mol. The van der Waals surface area contributed by atoms with Crippen LogP contribution in [0.15, 0.2) is 30.3 Å². The topological polar surface area (TPSA) is 66.9 Å². The van der Waals surface area contributed by atoms with Crippen LogP contribution >= 0.6 is 0 Å². The van der Waals surface area contributed by atoms with Crippen molar-refractivity contribution < 1.29 is 18.0 Å². The standard InChI is InChI=1S/C17H19F3N4O/c1-4-10(2)21-15(25)14-9-11(3)22-16(24-14)23-13-8-6-5-7-12(13)17(18,19)20/h5-10H,4H2,1-3H3,(H,21,25)(H,22,23,24). The number of halogens is 3. The Hall–Kier alpha value is -2.64. The lowest BCUT2D eigenvalue weighted by molar-refractivity contribution is -0.136. The van der Waals surface area contributed by atoms with Crippen LogP contribution in [-0.4, -0.2) is 21.9 Å². The molecule has 0 aliphatic rings. The molecule has 0 spiro atoms. The summed E-state index contributed by atoms with van der Waals surface area (Å²) in [7, 11) is 0. The zero-order chi connectivity index (χ0) is 18.6. The van der Waals surface area contributed by atoms with Gasteiger partial charge in [-0.25, -0.2) is 9.97 Å². The number of hydrogen-bond acceptors (Lipinski definition) is 4. The summed E-state index contributed by atoms with van der Waals surface area (Å²) < 4.78 is 39.2. The lowest BCUT2D eigenvalue weighted by Gasteiger charge is -2.15. The van der Waals surface area contributed by atoms with Crippen LogP contribution in [0.5, 0.6) is 0 Å².